The quantitative estimate of drug-likeness (QED) is 0.772. The van der Waals surface area contributed by atoms with Crippen LogP contribution < -0.4 is 10.1 Å². The van der Waals surface area contributed by atoms with Gasteiger partial charge in [-0.1, -0.05) is 23.8 Å². The highest BCUT2D eigenvalue weighted by atomic mass is 35.5. The van der Waals surface area contributed by atoms with Gasteiger partial charge in [-0.2, -0.15) is 0 Å². The van der Waals surface area contributed by atoms with E-state index in [9.17, 15) is 0 Å². The van der Waals surface area contributed by atoms with E-state index in [1.165, 1.54) is 0 Å². The molecule has 0 aliphatic carbocycles. The lowest BCUT2D eigenvalue weighted by Gasteiger charge is -2.08. The minimum Gasteiger partial charge on any atom is -0.495 e. The number of hydrogen-bond donors (Lipinski definition) is 1. The van der Waals surface area contributed by atoms with Crippen LogP contribution in [0.2, 0.25) is 5.02 Å². The van der Waals surface area contributed by atoms with Crippen LogP contribution in [0.3, 0.4) is 0 Å². The maximum atomic E-state index is 5.89. The molecule has 0 bridgehead atoms. The van der Waals surface area contributed by atoms with E-state index >= 15 is 0 Å². The van der Waals surface area contributed by atoms with Crippen molar-refractivity contribution in [1.82, 2.24) is 0 Å². The van der Waals surface area contributed by atoms with Gasteiger partial charge in [0.2, 0.25) is 0 Å². The first-order valence-electron chi connectivity index (χ1n) is 4.35. The molecule has 0 aromatic heterocycles. The van der Waals surface area contributed by atoms with Crippen LogP contribution in [-0.2, 0) is 0 Å². The average molecular weight is 212 g/mol. The predicted molar refractivity (Wildman–Crippen MR) is 61.3 cm³/mol. The van der Waals surface area contributed by atoms with Crippen LogP contribution in [0.15, 0.2) is 30.4 Å². The van der Waals surface area contributed by atoms with Gasteiger partial charge < -0.3 is 10.1 Å². The highest BCUT2D eigenvalue weighted by molar-refractivity contribution is 6.32. The molecular weight excluding hydrogens is 198 g/mol. The zero-order chi connectivity index (χ0) is 10.6. The lowest BCUT2D eigenvalue weighted by atomic mass is 10.2. The van der Waals surface area contributed by atoms with Crippen LogP contribution in [-0.4, -0.2) is 13.7 Å². The van der Waals surface area contributed by atoms with Crippen molar-refractivity contribution in [1.29, 1.82) is 0 Å². The maximum Gasteiger partial charge on any atom is 0.139 e. The molecule has 1 aromatic carbocycles. The molecule has 0 radical (unpaired) electrons. The summed E-state index contributed by atoms with van der Waals surface area (Å²) in [6, 6.07) is 5.58. The third-order valence-electron chi connectivity index (χ3n) is 1.75. The Kier molecular flexibility index (Phi) is 3.84. The van der Waals surface area contributed by atoms with Crippen LogP contribution in [0.4, 0.5) is 5.69 Å². The minimum absolute atomic E-state index is 0.619. The molecule has 1 N–H and O–H groups in total. The number of nitrogens with one attached hydrogen (secondary N) is 1. The van der Waals surface area contributed by atoms with Crippen molar-refractivity contribution >= 4 is 17.3 Å². The van der Waals surface area contributed by atoms with Crippen LogP contribution in [0.25, 0.3) is 0 Å². The van der Waals surface area contributed by atoms with Crippen molar-refractivity contribution in [2.75, 3.05) is 19.0 Å². The summed E-state index contributed by atoms with van der Waals surface area (Å²) < 4.78 is 5.10. The fourth-order valence-electron chi connectivity index (χ4n) is 1.02. The Labute approximate surface area is 89.5 Å². The van der Waals surface area contributed by atoms with Crippen LogP contribution in [0, 0.1) is 0 Å². The van der Waals surface area contributed by atoms with Gasteiger partial charge >= 0.3 is 0 Å². The first-order valence-corrected chi connectivity index (χ1v) is 4.73. The van der Waals surface area contributed by atoms with E-state index in [1.807, 2.05) is 19.1 Å². The minimum atomic E-state index is 0.619. The lowest BCUT2D eigenvalue weighted by molar-refractivity contribution is 0.415. The molecule has 2 nitrogen and oxygen atoms in total. The molecule has 0 aliphatic rings. The monoisotopic (exact) mass is 211 g/mol. The fourth-order valence-corrected chi connectivity index (χ4v) is 1.22. The maximum absolute atomic E-state index is 5.89. The average Bonchev–Trinajstić information content (AvgIpc) is 2.16. The second-order valence-corrected chi connectivity index (χ2v) is 3.57. The third kappa shape index (κ3) is 2.96. The summed E-state index contributed by atoms with van der Waals surface area (Å²) in [5, 5.41) is 3.83. The summed E-state index contributed by atoms with van der Waals surface area (Å²) in [5.74, 6) is 0.679. The van der Waals surface area contributed by atoms with Crippen molar-refractivity contribution in [3.8, 4) is 5.75 Å². The Hall–Kier alpha value is -1.15. The van der Waals surface area contributed by atoms with E-state index in [-0.39, 0.29) is 0 Å². The SMILES string of the molecule is C=C(C)CNc1ccc(Cl)c(OC)c1. The standard InChI is InChI=1S/C11H14ClNO/c1-8(2)7-13-9-4-5-10(12)11(6-9)14-3/h4-6,13H,1,7H2,2-3H3. The Balaban J connectivity index is 2.74. The number of benzene rings is 1. The summed E-state index contributed by atoms with van der Waals surface area (Å²) in [7, 11) is 1.60. The molecule has 1 aromatic rings. The Morgan fingerprint density at radius 1 is 1.57 bits per heavy atom. The second kappa shape index (κ2) is 4.91. The van der Waals surface area contributed by atoms with Crippen LogP contribution in [0.5, 0.6) is 5.75 Å². The molecule has 0 aliphatic heterocycles. The molecular formula is C11H14ClNO. The third-order valence-corrected chi connectivity index (χ3v) is 2.06. The van der Waals surface area contributed by atoms with Gasteiger partial charge in [0.15, 0.2) is 0 Å². The molecule has 0 spiro atoms. The number of methoxy groups -OCH3 is 1. The zero-order valence-corrected chi connectivity index (χ0v) is 9.19. The molecule has 0 saturated heterocycles. The van der Waals surface area contributed by atoms with Gasteiger partial charge in [-0.05, 0) is 19.1 Å². The largest absolute Gasteiger partial charge is 0.495 e. The normalized spacial score (nSPS) is 9.64. The summed E-state index contributed by atoms with van der Waals surface area (Å²) >= 11 is 5.89. The van der Waals surface area contributed by atoms with Gasteiger partial charge in [0.25, 0.3) is 0 Å². The molecule has 14 heavy (non-hydrogen) atoms. The van der Waals surface area contributed by atoms with Crippen molar-refractivity contribution in [3.05, 3.63) is 35.4 Å². The number of halogens is 1. The van der Waals surface area contributed by atoms with E-state index in [1.54, 1.807) is 13.2 Å². The second-order valence-electron chi connectivity index (χ2n) is 3.16. The van der Waals surface area contributed by atoms with E-state index in [4.69, 9.17) is 16.3 Å². The Morgan fingerprint density at radius 3 is 2.86 bits per heavy atom. The molecule has 0 saturated carbocycles. The Morgan fingerprint density at radius 2 is 2.29 bits per heavy atom. The van der Waals surface area contributed by atoms with E-state index in [2.05, 4.69) is 11.9 Å². The molecule has 0 atom stereocenters. The predicted octanol–water partition coefficient (Wildman–Crippen LogP) is 3.34. The van der Waals surface area contributed by atoms with Gasteiger partial charge in [0.05, 0.1) is 12.1 Å². The Bertz CT molecular complexity index is 336. The topological polar surface area (TPSA) is 21.3 Å². The van der Waals surface area contributed by atoms with Crippen molar-refractivity contribution in [3.63, 3.8) is 0 Å². The number of rotatable bonds is 4. The smallest absolute Gasteiger partial charge is 0.139 e. The van der Waals surface area contributed by atoms with Gasteiger partial charge in [-0.3, -0.25) is 0 Å². The highest BCUT2D eigenvalue weighted by Gasteiger charge is 2.00. The summed E-state index contributed by atoms with van der Waals surface area (Å²) in [6.07, 6.45) is 0. The van der Waals surface area contributed by atoms with Crippen molar-refractivity contribution in [2.24, 2.45) is 0 Å². The summed E-state index contributed by atoms with van der Waals surface area (Å²) in [4.78, 5) is 0. The molecule has 0 heterocycles. The van der Waals surface area contributed by atoms with Crippen molar-refractivity contribution < 1.29 is 4.74 Å². The summed E-state index contributed by atoms with van der Waals surface area (Å²) in [6.45, 7) is 6.54. The van der Waals surface area contributed by atoms with Crippen LogP contribution in [0.1, 0.15) is 6.92 Å². The van der Waals surface area contributed by atoms with E-state index in [0.29, 0.717) is 10.8 Å². The van der Waals surface area contributed by atoms with Crippen LogP contribution >= 0.6 is 11.6 Å². The molecule has 0 fully saturated rings. The number of hydrogen-bond acceptors (Lipinski definition) is 2. The van der Waals surface area contributed by atoms with Crippen molar-refractivity contribution in [2.45, 2.75) is 6.92 Å². The number of ether oxygens (including phenoxy) is 1. The fraction of sp³-hybridized carbons (Fsp3) is 0.273. The highest BCUT2D eigenvalue weighted by Crippen LogP contribution is 2.27. The van der Waals surface area contributed by atoms with Gasteiger partial charge in [-0.15, -0.1) is 0 Å². The zero-order valence-electron chi connectivity index (χ0n) is 8.43. The molecule has 3 heteroatoms. The molecule has 76 valence electrons. The molecule has 0 amide bonds. The molecule has 1 rings (SSSR count). The first kappa shape index (κ1) is 10.9. The van der Waals surface area contributed by atoms with E-state index < -0.39 is 0 Å². The lowest BCUT2D eigenvalue weighted by Crippen LogP contribution is -2.01. The van der Waals surface area contributed by atoms with Gasteiger partial charge in [0.1, 0.15) is 5.75 Å². The first-order chi connectivity index (χ1) is 6.63. The van der Waals surface area contributed by atoms with Gasteiger partial charge in [0, 0.05) is 18.3 Å². The number of anilines is 1. The van der Waals surface area contributed by atoms with E-state index in [0.717, 1.165) is 17.8 Å². The van der Waals surface area contributed by atoms with Gasteiger partial charge in [-0.25, -0.2) is 0 Å². The summed E-state index contributed by atoms with van der Waals surface area (Å²) in [5.41, 5.74) is 2.06. The molecule has 0 unspecified atom stereocenters.